The number of nitrogens with one attached hydrogen (secondary N) is 2. The third kappa shape index (κ3) is 4.88. The van der Waals surface area contributed by atoms with Crippen LogP contribution in [0, 0.1) is 13.8 Å². The number of hydrogen-bond donors (Lipinski definition) is 2. The molecule has 1 fully saturated rings. The Morgan fingerprint density at radius 2 is 1.78 bits per heavy atom. The highest BCUT2D eigenvalue weighted by molar-refractivity contribution is 7.80. The van der Waals surface area contributed by atoms with Gasteiger partial charge in [0.1, 0.15) is 0 Å². The molecule has 36 heavy (non-hydrogen) atoms. The molecule has 6 nitrogen and oxygen atoms in total. The molecule has 1 aliphatic rings. The van der Waals surface area contributed by atoms with Crippen LogP contribution in [-0.2, 0) is 4.79 Å². The summed E-state index contributed by atoms with van der Waals surface area (Å²) in [5.41, 5.74) is 6.25. The molecule has 0 unspecified atom stereocenters. The fourth-order valence-electron chi connectivity index (χ4n) is 4.74. The van der Waals surface area contributed by atoms with E-state index in [9.17, 15) is 4.79 Å². The molecule has 1 amide bonds. The molecule has 2 aromatic carbocycles. The first kappa shape index (κ1) is 23.8. The van der Waals surface area contributed by atoms with Gasteiger partial charge in [-0.05, 0) is 74.1 Å². The smallest absolute Gasteiger partial charge is 0.226 e. The normalized spacial score (nSPS) is 17.2. The Morgan fingerprint density at radius 1 is 1.00 bits per heavy atom. The molecule has 1 aliphatic heterocycles. The number of benzene rings is 2. The number of pyridine rings is 1. The van der Waals surface area contributed by atoms with Crippen LogP contribution in [0.2, 0.25) is 0 Å². The molecule has 0 spiro atoms. The highest BCUT2D eigenvalue weighted by atomic mass is 32.1. The molecule has 1 saturated heterocycles. The van der Waals surface area contributed by atoms with Crippen LogP contribution in [0.3, 0.4) is 0 Å². The van der Waals surface area contributed by atoms with Crippen LogP contribution in [0.25, 0.3) is 5.69 Å². The number of rotatable bonds is 7. The molecule has 5 rings (SSSR count). The molecular formula is C29H29N5OS. The van der Waals surface area contributed by atoms with E-state index in [1.165, 1.54) is 5.56 Å². The zero-order valence-electron chi connectivity index (χ0n) is 20.4. The highest BCUT2D eigenvalue weighted by Gasteiger charge is 2.41. The molecule has 2 atom stereocenters. The maximum Gasteiger partial charge on any atom is 0.226 e. The number of nitrogens with zero attached hydrogens (tertiary/aromatic N) is 3. The standard InChI is InChI=1S/C29H29N5OS/c1-20-12-14-22(15-13-20)31-26(35)16-19-34-28(27(32-29(34)36)23-9-5-6-17-30-23)25-11-7-18-33(25)24-10-4-3-8-21(24)2/h3-15,17-18,27-28H,16,19H2,1-2H3,(H,31,35)(H,32,36)/t27-,28+/m0/s1. The maximum absolute atomic E-state index is 12.8. The monoisotopic (exact) mass is 495 g/mol. The molecule has 4 aromatic rings. The second-order valence-electron chi connectivity index (χ2n) is 9.07. The minimum absolute atomic E-state index is 0.0454. The molecule has 0 saturated carbocycles. The predicted octanol–water partition coefficient (Wildman–Crippen LogP) is 5.49. The van der Waals surface area contributed by atoms with Gasteiger partial charge in [0.05, 0.1) is 17.8 Å². The largest absolute Gasteiger partial charge is 0.352 e. The molecule has 7 heteroatoms. The summed E-state index contributed by atoms with van der Waals surface area (Å²) < 4.78 is 2.21. The van der Waals surface area contributed by atoms with Crippen molar-refractivity contribution in [1.82, 2.24) is 19.8 Å². The minimum Gasteiger partial charge on any atom is -0.352 e. The van der Waals surface area contributed by atoms with Crippen LogP contribution < -0.4 is 10.6 Å². The average Bonchev–Trinajstić information content (AvgIpc) is 3.49. The summed E-state index contributed by atoms with van der Waals surface area (Å²) >= 11 is 5.80. The Morgan fingerprint density at radius 3 is 2.53 bits per heavy atom. The Bertz CT molecular complexity index is 1370. The van der Waals surface area contributed by atoms with E-state index in [4.69, 9.17) is 12.2 Å². The first-order valence-electron chi connectivity index (χ1n) is 12.1. The molecular weight excluding hydrogens is 466 g/mol. The van der Waals surface area contributed by atoms with Crippen molar-refractivity contribution < 1.29 is 4.79 Å². The zero-order valence-corrected chi connectivity index (χ0v) is 21.2. The number of amides is 1. The summed E-state index contributed by atoms with van der Waals surface area (Å²) in [7, 11) is 0. The van der Waals surface area contributed by atoms with Crippen molar-refractivity contribution in [3.05, 3.63) is 114 Å². The lowest BCUT2D eigenvalue weighted by Gasteiger charge is -2.29. The van der Waals surface area contributed by atoms with E-state index < -0.39 is 0 Å². The Balaban J connectivity index is 1.44. The number of carbonyl (C=O) groups excluding carboxylic acids is 1. The number of hydrogen-bond acceptors (Lipinski definition) is 3. The van der Waals surface area contributed by atoms with Crippen LogP contribution >= 0.6 is 12.2 Å². The van der Waals surface area contributed by atoms with Crippen molar-refractivity contribution in [1.29, 1.82) is 0 Å². The summed E-state index contributed by atoms with van der Waals surface area (Å²) in [6, 6.07) is 26.0. The summed E-state index contributed by atoms with van der Waals surface area (Å²) in [6.07, 6.45) is 4.19. The Kier molecular flexibility index (Phi) is 6.82. The second-order valence-corrected chi connectivity index (χ2v) is 9.46. The van der Waals surface area contributed by atoms with Gasteiger partial charge in [0, 0.05) is 42.4 Å². The molecule has 0 aliphatic carbocycles. The van der Waals surface area contributed by atoms with E-state index >= 15 is 0 Å². The van der Waals surface area contributed by atoms with Gasteiger partial charge < -0.3 is 20.1 Å². The van der Waals surface area contributed by atoms with Crippen LogP contribution in [0.15, 0.2) is 91.3 Å². The van der Waals surface area contributed by atoms with E-state index in [1.54, 1.807) is 6.20 Å². The van der Waals surface area contributed by atoms with E-state index in [1.807, 2.05) is 61.5 Å². The van der Waals surface area contributed by atoms with Crippen molar-refractivity contribution in [2.45, 2.75) is 32.4 Å². The van der Waals surface area contributed by atoms with Crippen molar-refractivity contribution in [3.63, 3.8) is 0 Å². The van der Waals surface area contributed by atoms with Gasteiger partial charge in [-0.25, -0.2) is 0 Å². The van der Waals surface area contributed by atoms with Crippen molar-refractivity contribution >= 4 is 28.9 Å². The molecule has 2 aromatic heterocycles. The lowest BCUT2D eigenvalue weighted by atomic mass is 10.0. The van der Waals surface area contributed by atoms with Gasteiger partial charge in [-0.15, -0.1) is 0 Å². The topological polar surface area (TPSA) is 62.2 Å². The van der Waals surface area contributed by atoms with Crippen LogP contribution in [-0.4, -0.2) is 32.0 Å². The van der Waals surface area contributed by atoms with Gasteiger partial charge in [0.15, 0.2) is 5.11 Å². The van der Waals surface area contributed by atoms with Crippen molar-refractivity contribution in [2.24, 2.45) is 0 Å². The van der Waals surface area contributed by atoms with E-state index in [2.05, 4.69) is 62.5 Å². The average molecular weight is 496 g/mol. The first-order valence-corrected chi connectivity index (χ1v) is 12.5. The molecule has 0 bridgehead atoms. The number of para-hydroxylation sites is 1. The first-order chi connectivity index (χ1) is 17.5. The van der Waals surface area contributed by atoms with Gasteiger partial charge in [0.25, 0.3) is 0 Å². The van der Waals surface area contributed by atoms with E-state index in [0.29, 0.717) is 18.1 Å². The van der Waals surface area contributed by atoms with Crippen molar-refractivity contribution in [3.8, 4) is 5.69 Å². The molecule has 0 radical (unpaired) electrons. The van der Waals surface area contributed by atoms with Crippen LogP contribution in [0.5, 0.6) is 0 Å². The van der Waals surface area contributed by atoms with Crippen molar-refractivity contribution in [2.75, 3.05) is 11.9 Å². The minimum atomic E-state index is -0.142. The number of aryl methyl sites for hydroxylation is 2. The highest BCUT2D eigenvalue weighted by Crippen LogP contribution is 2.39. The number of thiocarbonyl (C=S) groups is 1. The summed E-state index contributed by atoms with van der Waals surface area (Å²) in [5, 5.41) is 7.10. The van der Waals surface area contributed by atoms with Gasteiger partial charge in [0.2, 0.25) is 5.91 Å². The second kappa shape index (κ2) is 10.3. The fourth-order valence-corrected chi connectivity index (χ4v) is 5.07. The quantitative estimate of drug-likeness (QED) is 0.332. The maximum atomic E-state index is 12.8. The van der Waals surface area contributed by atoms with Gasteiger partial charge in [-0.2, -0.15) is 0 Å². The lowest BCUT2D eigenvalue weighted by Crippen LogP contribution is -2.33. The number of aromatic nitrogens is 2. The third-order valence-corrected chi connectivity index (χ3v) is 6.92. The fraction of sp³-hybridized carbons (Fsp3) is 0.207. The number of anilines is 1. The summed E-state index contributed by atoms with van der Waals surface area (Å²) in [5.74, 6) is -0.0454. The summed E-state index contributed by atoms with van der Waals surface area (Å²) in [4.78, 5) is 19.6. The molecule has 3 heterocycles. The number of carbonyl (C=O) groups is 1. The van der Waals surface area contributed by atoms with Gasteiger partial charge in [-0.1, -0.05) is 42.0 Å². The zero-order chi connectivity index (χ0) is 25.1. The predicted molar refractivity (Wildman–Crippen MR) is 147 cm³/mol. The van der Waals surface area contributed by atoms with E-state index in [-0.39, 0.29) is 18.0 Å². The SMILES string of the molecule is Cc1ccc(NC(=O)CCN2C(=S)N[C@@H](c3ccccn3)[C@H]2c2cccn2-c2ccccc2C)cc1. The van der Waals surface area contributed by atoms with Gasteiger partial charge >= 0.3 is 0 Å². The Labute approximate surface area is 217 Å². The van der Waals surface area contributed by atoms with Crippen LogP contribution in [0.1, 0.15) is 41.0 Å². The van der Waals surface area contributed by atoms with E-state index in [0.717, 1.165) is 28.3 Å². The summed E-state index contributed by atoms with van der Waals surface area (Å²) in [6.45, 7) is 4.62. The molecule has 2 N–H and O–H groups in total. The van der Waals surface area contributed by atoms with Crippen LogP contribution in [0.4, 0.5) is 5.69 Å². The molecule has 182 valence electrons. The Hall–Kier alpha value is -3.97. The third-order valence-electron chi connectivity index (χ3n) is 6.57. The van der Waals surface area contributed by atoms with Gasteiger partial charge in [-0.3, -0.25) is 9.78 Å². The lowest BCUT2D eigenvalue weighted by molar-refractivity contribution is -0.116.